The third-order valence-electron chi connectivity index (χ3n) is 6.20. The van der Waals surface area contributed by atoms with Crippen molar-refractivity contribution in [2.24, 2.45) is 0 Å². The van der Waals surface area contributed by atoms with Gasteiger partial charge in [0.05, 0.1) is 0 Å². The van der Waals surface area contributed by atoms with Crippen LogP contribution in [-0.4, -0.2) is 34.2 Å². The first-order valence-corrected chi connectivity index (χ1v) is 11.4. The van der Waals surface area contributed by atoms with Gasteiger partial charge in [0.15, 0.2) is 0 Å². The molecule has 1 atom stereocenters. The van der Waals surface area contributed by atoms with Crippen LogP contribution in [0.15, 0.2) is 48.5 Å². The normalized spacial score (nSPS) is 21.1. The molecular weight excluding hydrogens is 419 g/mol. The summed E-state index contributed by atoms with van der Waals surface area (Å²) in [5.74, 6) is -0.0467. The topological polar surface area (TPSA) is 40.6 Å². The largest absolute Gasteiger partial charge is 0.328 e. The maximum absolute atomic E-state index is 13.7. The van der Waals surface area contributed by atoms with Crippen molar-refractivity contribution in [1.82, 2.24) is 9.80 Å². The van der Waals surface area contributed by atoms with E-state index in [0.717, 1.165) is 36.8 Å². The lowest BCUT2D eigenvalue weighted by Gasteiger charge is -2.43. The predicted octanol–water partition coefficient (Wildman–Crippen LogP) is 5.63. The Bertz CT molecular complexity index is 908. The number of hydrogen-bond acceptors (Lipinski definition) is 2. The fourth-order valence-electron chi connectivity index (χ4n) is 4.58. The molecule has 2 aromatic carbocycles. The lowest BCUT2D eigenvalue weighted by atomic mass is 9.97. The Labute approximate surface area is 187 Å². The molecule has 2 aromatic rings. The molecule has 2 amide bonds. The predicted molar refractivity (Wildman–Crippen MR) is 119 cm³/mol. The summed E-state index contributed by atoms with van der Waals surface area (Å²) < 4.78 is 0. The molecule has 1 saturated heterocycles. The summed E-state index contributed by atoms with van der Waals surface area (Å²) in [7, 11) is 0. The van der Waals surface area contributed by atoms with E-state index in [-0.39, 0.29) is 24.4 Å². The minimum Gasteiger partial charge on any atom is -0.328 e. The number of benzene rings is 2. The van der Waals surface area contributed by atoms with Crippen molar-refractivity contribution in [2.45, 2.75) is 57.2 Å². The first kappa shape index (κ1) is 21.2. The van der Waals surface area contributed by atoms with Crippen LogP contribution >= 0.6 is 23.2 Å². The molecule has 30 heavy (non-hydrogen) atoms. The molecule has 4 nitrogen and oxygen atoms in total. The quantitative estimate of drug-likeness (QED) is 0.573. The first-order chi connectivity index (χ1) is 14.5. The van der Waals surface area contributed by atoms with Crippen molar-refractivity contribution in [3.8, 4) is 0 Å². The summed E-state index contributed by atoms with van der Waals surface area (Å²) in [6.45, 7) is 0.439. The minimum absolute atomic E-state index is 0.00382. The van der Waals surface area contributed by atoms with Gasteiger partial charge in [-0.15, -0.1) is 0 Å². The molecule has 0 radical (unpaired) electrons. The van der Waals surface area contributed by atoms with E-state index in [4.69, 9.17) is 23.2 Å². The van der Waals surface area contributed by atoms with Crippen LogP contribution in [0, 0.1) is 0 Å². The molecule has 0 bridgehead atoms. The highest BCUT2D eigenvalue weighted by Gasteiger charge is 2.42. The van der Waals surface area contributed by atoms with E-state index >= 15 is 0 Å². The highest BCUT2D eigenvalue weighted by molar-refractivity contribution is 6.31. The lowest BCUT2D eigenvalue weighted by Crippen LogP contribution is -2.57. The molecule has 1 heterocycles. The Hall–Kier alpha value is -2.04. The van der Waals surface area contributed by atoms with Gasteiger partial charge < -0.3 is 9.80 Å². The van der Waals surface area contributed by atoms with Gasteiger partial charge in [-0.3, -0.25) is 9.59 Å². The molecule has 6 heteroatoms. The van der Waals surface area contributed by atoms with Gasteiger partial charge >= 0.3 is 0 Å². The Balaban J connectivity index is 1.68. The van der Waals surface area contributed by atoms with Crippen LogP contribution in [0.5, 0.6) is 0 Å². The van der Waals surface area contributed by atoms with E-state index in [9.17, 15) is 9.59 Å². The van der Waals surface area contributed by atoms with Gasteiger partial charge in [-0.2, -0.15) is 0 Å². The van der Waals surface area contributed by atoms with Crippen LogP contribution in [0.4, 0.5) is 0 Å². The fraction of sp³-hybridized carbons (Fsp3) is 0.417. The lowest BCUT2D eigenvalue weighted by molar-refractivity contribution is -0.159. The Morgan fingerprint density at radius 1 is 0.867 bits per heavy atom. The Kier molecular flexibility index (Phi) is 6.64. The molecule has 1 unspecified atom stereocenters. The zero-order chi connectivity index (χ0) is 21.1. The summed E-state index contributed by atoms with van der Waals surface area (Å²) >= 11 is 12.4. The van der Waals surface area contributed by atoms with Gasteiger partial charge in [-0.25, -0.2) is 0 Å². The molecule has 1 aliphatic carbocycles. The molecule has 2 aliphatic rings. The van der Waals surface area contributed by atoms with E-state index in [1.807, 2.05) is 41.3 Å². The Morgan fingerprint density at radius 3 is 2.20 bits per heavy atom. The molecule has 0 N–H and O–H groups in total. The maximum atomic E-state index is 13.7. The summed E-state index contributed by atoms with van der Waals surface area (Å²) in [6, 6.07) is 14.2. The molecule has 1 saturated carbocycles. The molecule has 4 rings (SSSR count). The average Bonchev–Trinajstić information content (AvgIpc) is 3.02. The van der Waals surface area contributed by atoms with Gasteiger partial charge in [0, 0.05) is 22.6 Å². The fourth-order valence-corrected chi connectivity index (χ4v) is 4.91. The molecule has 2 fully saturated rings. The van der Waals surface area contributed by atoms with Crippen LogP contribution in [0.3, 0.4) is 0 Å². The van der Waals surface area contributed by atoms with Gasteiger partial charge in [-0.1, -0.05) is 79.2 Å². The van der Waals surface area contributed by atoms with Gasteiger partial charge in [0.1, 0.15) is 12.6 Å². The third-order valence-corrected chi connectivity index (χ3v) is 6.83. The highest BCUT2D eigenvalue weighted by Crippen LogP contribution is 2.34. The maximum Gasteiger partial charge on any atom is 0.250 e. The van der Waals surface area contributed by atoms with Crippen molar-refractivity contribution in [1.29, 1.82) is 0 Å². The number of halogens is 2. The highest BCUT2D eigenvalue weighted by atomic mass is 35.5. The Morgan fingerprint density at radius 2 is 1.53 bits per heavy atom. The second-order valence-corrected chi connectivity index (χ2v) is 9.02. The van der Waals surface area contributed by atoms with Crippen LogP contribution in [0.25, 0.3) is 0 Å². The molecule has 1 aliphatic heterocycles. The third kappa shape index (κ3) is 4.50. The van der Waals surface area contributed by atoms with Crippen LogP contribution < -0.4 is 0 Å². The number of carbonyl (C=O) groups is 2. The smallest absolute Gasteiger partial charge is 0.250 e. The van der Waals surface area contributed by atoms with Crippen molar-refractivity contribution in [3.63, 3.8) is 0 Å². The molecule has 158 valence electrons. The van der Waals surface area contributed by atoms with Crippen LogP contribution in [-0.2, 0) is 16.1 Å². The average molecular weight is 445 g/mol. The van der Waals surface area contributed by atoms with E-state index in [1.165, 1.54) is 12.8 Å². The van der Waals surface area contributed by atoms with Crippen molar-refractivity contribution in [3.05, 3.63) is 69.7 Å². The van der Waals surface area contributed by atoms with Crippen LogP contribution in [0.1, 0.15) is 55.7 Å². The van der Waals surface area contributed by atoms with E-state index in [0.29, 0.717) is 16.6 Å². The van der Waals surface area contributed by atoms with E-state index < -0.39 is 6.04 Å². The summed E-state index contributed by atoms with van der Waals surface area (Å²) in [5, 5.41) is 1.20. The number of rotatable bonds is 4. The number of hydrogen-bond donors (Lipinski definition) is 0. The number of carbonyl (C=O) groups excluding carboxylic acids is 2. The van der Waals surface area contributed by atoms with Crippen molar-refractivity contribution < 1.29 is 9.59 Å². The van der Waals surface area contributed by atoms with Gasteiger partial charge in [-0.05, 0) is 42.2 Å². The minimum atomic E-state index is -0.664. The second kappa shape index (κ2) is 9.40. The van der Waals surface area contributed by atoms with Gasteiger partial charge in [0.2, 0.25) is 5.91 Å². The monoisotopic (exact) mass is 444 g/mol. The number of nitrogens with zero attached hydrogens (tertiary/aromatic N) is 2. The second-order valence-electron chi connectivity index (χ2n) is 8.18. The SMILES string of the molecule is O=C1C(c2ccc(Cl)cc2)N(Cc2ccccc2Cl)C(=O)CN1C1CCCCCC1. The molecule has 0 spiro atoms. The van der Waals surface area contributed by atoms with Crippen molar-refractivity contribution in [2.75, 3.05) is 6.54 Å². The summed E-state index contributed by atoms with van der Waals surface area (Å²) in [6.07, 6.45) is 6.56. The van der Waals surface area contributed by atoms with Crippen LogP contribution in [0.2, 0.25) is 10.0 Å². The van der Waals surface area contributed by atoms with E-state index in [1.54, 1.807) is 17.0 Å². The first-order valence-electron chi connectivity index (χ1n) is 10.6. The summed E-state index contributed by atoms with van der Waals surface area (Å²) in [4.78, 5) is 30.5. The van der Waals surface area contributed by atoms with E-state index in [2.05, 4.69) is 0 Å². The standard InChI is InChI=1S/C24H26Cl2N2O2/c25-19-13-11-17(12-14-19)23-24(30)27(20-8-3-1-2-4-9-20)16-22(29)28(23)15-18-7-5-6-10-21(18)26/h5-7,10-14,20,23H,1-4,8-9,15-16H2. The zero-order valence-corrected chi connectivity index (χ0v) is 18.4. The number of piperazine rings is 1. The molecule has 0 aromatic heterocycles. The molecular formula is C24H26Cl2N2O2. The number of amides is 2. The van der Waals surface area contributed by atoms with Gasteiger partial charge in [0.25, 0.3) is 5.91 Å². The summed E-state index contributed by atoms with van der Waals surface area (Å²) in [5.41, 5.74) is 1.62. The van der Waals surface area contributed by atoms with Crippen molar-refractivity contribution >= 4 is 35.0 Å². The zero-order valence-electron chi connectivity index (χ0n) is 16.9.